The highest BCUT2D eigenvalue weighted by Crippen LogP contribution is 2.37. The van der Waals surface area contributed by atoms with Gasteiger partial charge in [0.1, 0.15) is 0 Å². The van der Waals surface area contributed by atoms with Crippen molar-refractivity contribution in [1.82, 2.24) is 9.88 Å². The zero-order chi connectivity index (χ0) is 14.9. The Balaban J connectivity index is 2.50. The first-order valence-electron chi connectivity index (χ1n) is 6.26. The lowest BCUT2D eigenvalue weighted by atomic mass is 9.98. The lowest BCUT2D eigenvalue weighted by molar-refractivity contribution is -0.130. The number of rotatable bonds is 4. The summed E-state index contributed by atoms with van der Waals surface area (Å²) < 4.78 is 0. The number of aliphatic hydroxyl groups is 2. The van der Waals surface area contributed by atoms with Gasteiger partial charge in [-0.05, 0) is 25.5 Å². The van der Waals surface area contributed by atoms with Crippen molar-refractivity contribution >= 4 is 11.7 Å². The summed E-state index contributed by atoms with van der Waals surface area (Å²) in [5.41, 5.74) is 0.666. The topological polar surface area (TPSA) is 90.7 Å². The maximum Gasteiger partial charge on any atom is 0.290 e. The van der Waals surface area contributed by atoms with E-state index in [1.54, 1.807) is 18.3 Å². The monoisotopic (exact) mass is 276 g/mol. The molecule has 0 unspecified atom stereocenters. The molecule has 1 aliphatic heterocycles. The minimum atomic E-state index is -0.766. The van der Waals surface area contributed by atoms with Gasteiger partial charge in [-0.2, -0.15) is 0 Å². The number of carbonyl (C=O) groups excluding carboxylic acids is 2. The second kappa shape index (κ2) is 5.42. The maximum absolute atomic E-state index is 12.1. The van der Waals surface area contributed by atoms with Gasteiger partial charge in [0.2, 0.25) is 0 Å². The number of aliphatic hydroxyl groups excluding tert-OH is 2. The highest BCUT2D eigenvalue weighted by Gasteiger charge is 2.42. The lowest BCUT2D eigenvalue weighted by Crippen LogP contribution is -2.36. The number of nitrogens with zero attached hydrogens (tertiary/aromatic N) is 2. The van der Waals surface area contributed by atoms with Crippen LogP contribution in [0.3, 0.4) is 0 Å². The minimum Gasteiger partial charge on any atom is -0.503 e. The Bertz CT molecular complexity index is 566. The summed E-state index contributed by atoms with van der Waals surface area (Å²) in [5, 5.41) is 19.4. The predicted octanol–water partition coefficient (Wildman–Crippen LogP) is 0.747. The molecule has 2 N–H and O–H groups in total. The smallest absolute Gasteiger partial charge is 0.290 e. The van der Waals surface area contributed by atoms with Crippen molar-refractivity contribution in [2.75, 3.05) is 6.54 Å². The van der Waals surface area contributed by atoms with E-state index in [2.05, 4.69) is 4.98 Å². The molecule has 20 heavy (non-hydrogen) atoms. The van der Waals surface area contributed by atoms with E-state index in [1.165, 1.54) is 24.9 Å². The van der Waals surface area contributed by atoms with Gasteiger partial charge in [0.05, 0.1) is 17.7 Å². The van der Waals surface area contributed by atoms with Gasteiger partial charge in [-0.15, -0.1) is 0 Å². The molecule has 0 bridgehead atoms. The Morgan fingerprint density at radius 2 is 2.25 bits per heavy atom. The third-order valence-corrected chi connectivity index (χ3v) is 3.14. The maximum atomic E-state index is 12.1. The fourth-order valence-corrected chi connectivity index (χ4v) is 2.37. The van der Waals surface area contributed by atoms with Gasteiger partial charge in [0.25, 0.3) is 5.91 Å². The zero-order valence-corrected chi connectivity index (χ0v) is 11.3. The number of hydrogen-bond acceptors (Lipinski definition) is 5. The van der Waals surface area contributed by atoms with Crippen molar-refractivity contribution in [3.63, 3.8) is 0 Å². The van der Waals surface area contributed by atoms with Crippen LogP contribution in [-0.2, 0) is 9.59 Å². The number of hydrogen-bond donors (Lipinski definition) is 2. The minimum absolute atomic E-state index is 0.0270. The first-order valence-corrected chi connectivity index (χ1v) is 6.26. The molecule has 1 aromatic rings. The molecule has 1 aromatic heterocycles. The highest BCUT2D eigenvalue weighted by molar-refractivity contribution is 6.08. The van der Waals surface area contributed by atoms with Gasteiger partial charge >= 0.3 is 0 Å². The molecule has 1 amide bonds. The van der Waals surface area contributed by atoms with Crippen LogP contribution in [0.15, 0.2) is 35.9 Å². The van der Waals surface area contributed by atoms with Gasteiger partial charge in [-0.3, -0.25) is 14.6 Å². The summed E-state index contributed by atoms with van der Waals surface area (Å²) in [6.07, 6.45) is 2.35. The van der Waals surface area contributed by atoms with E-state index in [1.807, 2.05) is 0 Å². The molecule has 2 atom stereocenters. The summed E-state index contributed by atoms with van der Waals surface area (Å²) in [6.45, 7) is 2.86. The molecule has 0 radical (unpaired) electrons. The van der Waals surface area contributed by atoms with Crippen LogP contribution in [0.5, 0.6) is 0 Å². The van der Waals surface area contributed by atoms with Crippen LogP contribution in [0.4, 0.5) is 0 Å². The molecule has 0 fully saturated rings. The lowest BCUT2D eigenvalue weighted by Gasteiger charge is -2.27. The van der Waals surface area contributed by atoms with E-state index in [0.29, 0.717) is 5.56 Å². The largest absolute Gasteiger partial charge is 0.503 e. The van der Waals surface area contributed by atoms with Crippen molar-refractivity contribution in [2.45, 2.75) is 26.0 Å². The number of ketones is 1. The van der Waals surface area contributed by atoms with Gasteiger partial charge in [0.15, 0.2) is 11.5 Å². The summed E-state index contributed by atoms with van der Waals surface area (Å²) in [5.74, 6) is -1.57. The van der Waals surface area contributed by atoms with Crippen LogP contribution >= 0.6 is 0 Å². The molecule has 106 valence electrons. The van der Waals surface area contributed by atoms with E-state index in [4.69, 9.17) is 0 Å². The number of aromatic nitrogens is 1. The van der Waals surface area contributed by atoms with Gasteiger partial charge in [-0.1, -0.05) is 6.07 Å². The first-order chi connectivity index (χ1) is 9.43. The molecule has 6 heteroatoms. The normalized spacial score (nSPS) is 20.4. The number of Topliss-reactive ketones (excluding diaryl/α,β-unsaturated/α-hetero) is 1. The molecule has 2 rings (SSSR count). The van der Waals surface area contributed by atoms with Crippen molar-refractivity contribution in [1.29, 1.82) is 0 Å². The zero-order valence-electron chi connectivity index (χ0n) is 11.3. The Kier molecular flexibility index (Phi) is 3.85. The third-order valence-electron chi connectivity index (χ3n) is 3.14. The average Bonchev–Trinajstić information content (AvgIpc) is 2.64. The van der Waals surface area contributed by atoms with Crippen molar-refractivity contribution in [3.8, 4) is 0 Å². The summed E-state index contributed by atoms with van der Waals surface area (Å²) in [4.78, 5) is 29.1. The van der Waals surface area contributed by atoms with Crippen molar-refractivity contribution in [2.24, 2.45) is 0 Å². The van der Waals surface area contributed by atoms with Crippen LogP contribution in [-0.4, -0.2) is 44.4 Å². The van der Waals surface area contributed by atoms with Crippen LogP contribution in [0.1, 0.15) is 25.5 Å². The van der Waals surface area contributed by atoms with Gasteiger partial charge < -0.3 is 15.1 Å². The average molecular weight is 276 g/mol. The molecule has 6 nitrogen and oxygen atoms in total. The molecule has 0 aromatic carbocycles. The quantitative estimate of drug-likeness (QED) is 0.846. The van der Waals surface area contributed by atoms with Crippen molar-refractivity contribution in [3.05, 3.63) is 41.4 Å². The predicted molar refractivity (Wildman–Crippen MR) is 70.7 cm³/mol. The number of carbonyl (C=O) groups is 2. The van der Waals surface area contributed by atoms with E-state index in [-0.39, 0.29) is 17.9 Å². The fraction of sp³-hybridized carbons (Fsp3) is 0.357. The molecular weight excluding hydrogens is 260 g/mol. The van der Waals surface area contributed by atoms with Gasteiger partial charge in [-0.25, -0.2) is 0 Å². The standard InChI is InChI=1S/C14H16N2O4/c1-8(17)7-16-12(10-4-3-5-15-6-10)11(9(2)18)13(19)14(16)20/h3-6,8,12,17,19H,7H2,1-2H3/t8-,12-/m1/s1. The highest BCUT2D eigenvalue weighted by atomic mass is 16.3. The van der Waals surface area contributed by atoms with E-state index in [9.17, 15) is 19.8 Å². The second-order valence-corrected chi connectivity index (χ2v) is 4.81. The Morgan fingerprint density at radius 1 is 1.55 bits per heavy atom. The number of β-amino-alcohol motifs (C(OH)–C–C–N with tert-alkyl or cyclic N) is 1. The summed E-state index contributed by atoms with van der Waals surface area (Å²) in [6, 6.07) is 2.71. The van der Waals surface area contributed by atoms with Crippen LogP contribution in [0.25, 0.3) is 0 Å². The molecule has 0 aliphatic carbocycles. The van der Waals surface area contributed by atoms with Crippen LogP contribution < -0.4 is 0 Å². The van der Waals surface area contributed by atoms with Gasteiger partial charge in [0, 0.05) is 18.9 Å². The first kappa shape index (κ1) is 14.2. The fourth-order valence-electron chi connectivity index (χ4n) is 2.37. The van der Waals surface area contributed by atoms with E-state index < -0.39 is 23.8 Å². The van der Waals surface area contributed by atoms with E-state index >= 15 is 0 Å². The van der Waals surface area contributed by atoms with E-state index in [0.717, 1.165) is 0 Å². The molecule has 0 spiro atoms. The number of pyridine rings is 1. The molecular formula is C14H16N2O4. The molecule has 0 saturated heterocycles. The molecule has 0 saturated carbocycles. The second-order valence-electron chi connectivity index (χ2n) is 4.81. The summed E-state index contributed by atoms with van der Waals surface area (Å²) in [7, 11) is 0. The van der Waals surface area contributed by atoms with Crippen LogP contribution in [0, 0.1) is 0 Å². The Morgan fingerprint density at radius 3 is 2.75 bits per heavy atom. The van der Waals surface area contributed by atoms with Crippen LogP contribution in [0.2, 0.25) is 0 Å². The molecule has 1 aliphatic rings. The third kappa shape index (κ3) is 2.42. The Labute approximate surface area is 116 Å². The number of amides is 1. The SMILES string of the molecule is CC(=O)C1=C(O)C(=O)N(C[C@@H](C)O)[C@@H]1c1cccnc1. The van der Waals surface area contributed by atoms with Crippen molar-refractivity contribution < 1.29 is 19.8 Å². The Hall–Kier alpha value is -2.21. The molecule has 2 heterocycles. The summed E-state index contributed by atoms with van der Waals surface area (Å²) >= 11 is 0.